The predicted molar refractivity (Wildman–Crippen MR) is 77.9 cm³/mol. The summed E-state index contributed by atoms with van der Waals surface area (Å²) in [6, 6.07) is 5.16. The molecule has 1 aromatic carbocycles. The highest BCUT2D eigenvalue weighted by Crippen LogP contribution is 2.26. The lowest BCUT2D eigenvalue weighted by molar-refractivity contribution is 0.317. The van der Waals surface area contributed by atoms with Crippen molar-refractivity contribution in [2.24, 2.45) is 5.41 Å². The molecule has 0 saturated carbocycles. The van der Waals surface area contributed by atoms with E-state index in [1.807, 2.05) is 33.8 Å². The van der Waals surface area contributed by atoms with Gasteiger partial charge in [-0.15, -0.1) is 0 Å². The summed E-state index contributed by atoms with van der Waals surface area (Å²) in [4.78, 5) is 0.353. The van der Waals surface area contributed by atoms with E-state index in [1.165, 1.54) is 0 Å². The quantitative estimate of drug-likeness (QED) is 0.895. The minimum absolute atomic E-state index is 0.106. The Labute approximate surface area is 115 Å². The average Bonchev–Trinajstić information content (AvgIpc) is 2.73. The molecular weight excluding hydrogens is 260 g/mol. The number of nitrogens with one attached hydrogen (secondary N) is 2. The first-order chi connectivity index (χ1) is 8.70. The zero-order valence-electron chi connectivity index (χ0n) is 11.9. The van der Waals surface area contributed by atoms with Crippen molar-refractivity contribution in [2.45, 2.75) is 45.1 Å². The van der Waals surface area contributed by atoms with Crippen LogP contribution in [0.25, 0.3) is 0 Å². The molecule has 19 heavy (non-hydrogen) atoms. The van der Waals surface area contributed by atoms with E-state index in [2.05, 4.69) is 10.0 Å². The first-order valence-electron chi connectivity index (χ1n) is 6.59. The van der Waals surface area contributed by atoms with Crippen molar-refractivity contribution in [1.29, 1.82) is 0 Å². The van der Waals surface area contributed by atoms with Gasteiger partial charge in [-0.25, -0.2) is 13.1 Å². The summed E-state index contributed by atoms with van der Waals surface area (Å²) in [5.41, 5.74) is 2.01. The van der Waals surface area contributed by atoms with Gasteiger partial charge in [-0.2, -0.15) is 0 Å². The van der Waals surface area contributed by atoms with Crippen molar-refractivity contribution in [3.05, 3.63) is 23.8 Å². The summed E-state index contributed by atoms with van der Waals surface area (Å²) in [5, 5.41) is 3.23. The molecular formula is C14H22N2O2S. The van der Waals surface area contributed by atoms with E-state index in [1.54, 1.807) is 12.1 Å². The molecule has 106 valence electrons. The summed E-state index contributed by atoms with van der Waals surface area (Å²) >= 11 is 0. The van der Waals surface area contributed by atoms with Crippen molar-refractivity contribution in [2.75, 3.05) is 11.9 Å². The van der Waals surface area contributed by atoms with Crippen LogP contribution in [0.4, 0.5) is 5.69 Å². The zero-order valence-corrected chi connectivity index (χ0v) is 12.8. The Bertz CT molecular complexity index is 574. The highest BCUT2D eigenvalue weighted by Gasteiger charge is 2.26. The van der Waals surface area contributed by atoms with E-state index in [-0.39, 0.29) is 11.5 Å². The van der Waals surface area contributed by atoms with Gasteiger partial charge in [0.2, 0.25) is 10.0 Å². The van der Waals surface area contributed by atoms with Crippen molar-refractivity contribution in [1.82, 2.24) is 4.72 Å². The van der Waals surface area contributed by atoms with Gasteiger partial charge >= 0.3 is 0 Å². The monoisotopic (exact) mass is 282 g/mol. The van der Waals surface area contributed by atoms with Gasteiger partial charge in [-0.1, -0.05) is 20.8 Å². The summed E-state index contributed by atoms with van der Waals surface area (Å²) in [6.07, 6.45) is 0.882. The Kier molecular flexibility index (Phi) is 3.62. The molecule has 0 bridgehead atoms. The van der Waals surface area contributed by atoms with Crippen molar-refractivity contribution < 1.29 is 8.42 Å². The smallest absolute Gasteiger partial charge is 0.240 e. The average molecular weight is 282 g/mol. The molecule has 1 unspecified atom stereocenters. The Hall–Kier alpha value is -1.07. The molecule has 1 aliphatic rings. The minimum atomic E-state index is -3.44. The van der Waals surface area contributed by atoms with Gasteiger partial charge in [-0.05, 0) is 42.5 Å². The second-order valence-corrected chi connectivity index (χ2v) is 7.92. The summed E-state index contributed by atoms with van der Waals surface area (Å²) in [5.74, 6) is 0. The summed E-state index contributed by atoms with van der Waals surface area (Å²) < 4.78 is 27.5. The number of benzene rings is 1. The van der Waals surface area contributed by atoms with Gasteiger partial charge in [0, 0.05) is 18.3 Å². The molecule has 0 aromatic heterocycles. The number of anilines is 1. The maximum atomic E-state index is 12.4. The molecule has 0 fully saturated rings. The lowest BCUT2D eigenvalue weighted by Crippen LogP contribution is -2.41. The first kappa shape index (κ1) is 14.3. The lowest BCUT2D eigenvalue weighted by Gasteiger charge is -2.27. The molecule has 1 aromatic rings. The van der Waals surface area contributed by atoms with Crippen LogP contribution in [0.1, 0.15) is 33.3 Å². The Morgan fingerprint density at radius 1 is 1.32 bits per heavy atom. The van der Waals surface area contributed by atoms with Gasteiger partial charge in [0.25, 0.3) is 0 Å². The third-order valence-electron chi connectivity index (χ3n) is 3.73. The van der Waals surface area contributed by atoms with Crippen LogP contribution in [-0.4, -0.2) is 21.0 Å². The number of sulfonamides is 1. The third kappa shape index (κ3) is 3.09. The van der Waals surface area contributed by atoms with Crippen molar-refractivity contribution in [3.8, 4) is 0 Å². The van der Waals surface area contributed by atoms with Crippen LogP contribution in [0.3, 0.4) is 0 Å². The third-order valence-corrected chi connectivity index (χ3v) is 5.27. The van der Waals surface area contributed by atoms with Crippen LogP contribution in [0, 0.1) is 5.41 Å². The summed E-state index contributed by atoms with van der Waals surface area (Å²) in [6.45, 7) is 8.84. The van der Waals surface area contributed by atoms with E-state index >= 15 is 0 Å². The van der Waals surface area contributed by atoms with E-state index < -0.39 is 10.0 Å². The van der Waals surface area contributed by atoms with Crippen LogP contribution in [0.2, 0.25) is 0 Å². The van der Waals surface area contributed by atoms with Crippen molar-refractivity contribution in [3.63, 3.8) is 0 Å². The largest absolute Gasteiger partial charge is 0.384 e. The zero-order chi connectivity index (χ0) is 14.3. The fraction of sp³-hybridized carbons (Fsp3) is 0.571. The maximum Gasteiger partial charge on any atom is 0.240 e. The molecule has 0 amide bonds. The molecule has 2 rings (SSSR count). The second-order valence-electron chi connectivity index (χ2n) is 6.20. The topological polar surface area (TPSA) is 58.2 Å². The number of fused-ring (bicyclic) bond motifs is 1. The van der Waals surface area contributed by atoms with Crippen LogP contribution in [0.5, 0.6) is 0 Å². The predicted octanol–water partition coefficient (Wildman–Crippen LogP) is 2.37. The van der Waals surface area contributed by atoms with Crippen LogP contribution in [0.15, 0.2) is 23.1 Å². The highest BCUT2D eigenvalue weighted by atomic mass is 32.2. The number of rotatable bonds is 3. The molecule has 2 N–H and O–H groups in total. The van der Waals surface area contributed by atoms with Crippen LogP contribution >= 0.6 is 0 Å². The maximum absolute atomic E-state index is 12.4. The lowest BCUT2D eigenvalue weighted by atomic mass is 9.89. The summed E-state index contributed by atoms with van der Waals surface area (Å²) in [7, 11) is -3.44. The van der Waals surface area contributed by atoms with Gasteiger partial charge in [0.05, 0.1) is 4.90 Å². The van der Waals surface area contributed by atoms with Gasteiger partial charge in [0.1, 0.15) is 0 Å². The first-order valence-corrected chi connectivity index (χ1v) is 8.07. The van der Waals surface area contributed by atoms with Crippen LogP contribution in [-0.2, 0) is 16.4 Å². The molecule has 1 heterocycles. The standard InChI is InChI=1S/C14H22N2O2S/c1-10(14(2,3)4)16-19(17,18)12-5-6-13-11(9-12)7-8-15-13/h5-6,9-10,15-16H,7-8H2,1-4H3. The molecule has 0 saturated heterocycles. The number of hydrogen-bond acceptors (Lipinski definition) is 3. The van der Waals surface area contributed by atoms with E-state index in [0.29, 0.717) is 4.90 Å². The molecule has 0 spiro atoms. The Morgan fingerprint density at radius 3 is 2.63 bits per heavy atom. The molecule has 1 aliphatic heterocycles. The molecule has 0 aliphatic carbocycles. The molecule has 1 atom stereocenters. The van der Waals surface area contributed by atoms with Gasteiger partial charge < -0.3 is 5.32 Å². The highest BCUT2D eigenvalue weighted by molar-refractivity contribution is 7.89. The second kappa shape index (κ2) is 4.80. The molecule has 5 heteroatoms. The Morgan fingerprint density at radius 2 is 2.00 bits per heavy atom. The van der Waals surface area contributed by atoms with Crippen molar-refractivity contribution >= 4 is 15.7 Å². The normalized spacial score (nSPS) is 16.8. The van der Waals surface area contributed by atoms with Gasteiger partial charge in [-0.3, -0.25) is 0 Å². The van der Waals surface area contributed by atoms with Gasteiger partial charge in [0.15, 0.2) is 0 Å². The SMILES string of the molecule is CC(NS(=O)(=O)c1ccc2c(c1)CCN2)C(C)(C)C. The minimum Gasteiger partial charge on any atom is -0.384 e. The fourth-order valence-electron chi connectivity index (χ4n) is 1.93. The van der Waals surface area contributed by atoms with E-state index in [0.717, 1.165) is 24.2 Å². The number of hydrogen-bond donors (Lipinski definition) is 2. The fourth-order valence-corrected chi connectivity index (χ4v) is 3.43. The molecule has 4 nitrogen and oxygen atoms in total. The Balaban J connectivity index is 2.25. The van der Waals surface area contributed by atoms with E-state index in [4.69, 9.17) is 0 Å². The van der Waals surface area contributed by atoms with Crippen LogP contribution < -0.4 is 10.0 Å². The van der Waals surface area contributed by atoms with E-state index in [9.17, 15) is 8.42 Å². The molecule has 0 radical (unpaired) electrons.